The van der Waals surface area contributed by atoms with Crippen molar-refractivity contribution in [3.8, 4) is 11.8 Å². The van der Waals surface area contributed by atoms with Gasteiger partial charge < -0.3 is 11.1 Å². The third kappa shape index (κ3) is 3.84. The predicted octanol–water partition coefficient (Wildman–Crippen LogP) is 1.84. The fourth-order valence-corrected chi connectivity index (χ4v) is 1.93. The summed E-state index contributed by atoms with van der Waals surface area (Å²) in [5.41, 5.74) is 8.23. The molecule has 0 aliphatic heterocycles. The highest BCUT2D eigenvalue weighted by Crippen LogP contribution is 2.44. The Bertz CT molecular complexity index is 548. The number of nitrogens with two attached hydrogens (primary N) is 1. The van der Waals surface area contributed by atoms with Crippen molar-refractivity contribution in [1.82, 2.24) is 5.32 Å². The third-order valence-electron chi connectivity index (χ3n) is 3.45. The highest BCUT2D eigenvalue weighted by Gasteiger charge is 2.37. The van der Waals surface area contributed by atoms with E-state index in [0.29, 0.717) is 17.5 Å². The predicted molar refractivity (Wildman–Crippen MR) is 76.8 cm³/mol. The zero-order chi connectivity index (χ0) is 13.9. The van der Waals surface area contributed by atoms with Gasteiger partial charge in [0.2, 0.25) is 0 Å². The van der Waals surface area contributed by atoms with Crippen LogP contribution in [0.3, 0.4) is 0 Å². The second-order valence-corrected chi connectivity index (χ2v) is 5.59. The molecule has 1 amide bonds. The summed E-state index contributed by atoms with van der Waals surface area (Å²) in [7, 11) is 0. The van der Waals surface area contributed by atoms with Crippen molar-refractivity contribution in [2.75, 3.05) is 13.1 Å². The number of hydrogen-bond donors (Lipinski definition) is 2. The van der Waals surface area contributed by atoms with Crippen LogP contribution in [0.1, 0.15) is 41.3 Å². The van der Waals surface area contributed by atoms with Crippen LogP contribution in [0.15, 0.2) is 18.2 Å². The maximum atomic E-state index is 12.1. The van der Waals surface area contributed by atoms with Crippen LogP contribution in [0.4, 0.5) is 0 Å². The lowest BCUT2D eigenvalue weighted by Crippen LogP contribution is -2.29. The molecule has 1 aliphatic rings. The Morgan fingerprint density at radius 3 is 2.79 bits per heavy atom. The highest BCUT2D eigenvalue weighted by atomic mass is 16.1. The second kappa shape index (κ2) is 5.46. The molecule has 0 atom stereocenters. The minimum absolute atomic E-state index is 0.0207. The molecule has 2 rings (SSSR count). The van der Waals surface area contributed by atoms with Crippen molar-refractivity contribution in [2.45, 2.75) is 26.7 Å². The van der Waals surface area contributed by atoms with Crippen LogP contribution in [-0.4, -0.2) is 19.0 Å². The Hall–Kier alpha value is -1.79. The van der Waals surface area contributed by atoms with E-state index in [0.717, 1.165) is 17.7 Å². The Morgan fingerprint density at radius 2 is 2.16 bits per heavy atom. The van der Waals surface area contributed by atoms with Crippen molar-refractivity contribution in [2.24, 2.45) is 11.1 Å². The van der Waals surface area contributed by atoms with Crippen molar-refractivity contribution in [3.05, 3.63) is 34.9 Å². The monoisotopic (exact) mass is 256 g/mol. The minimum atomic E-state index is -0.0207. The maximum absolute atomic E-state index is 12.1. The molecule has 3 nitrogen and oxygen atoms in total. The minimum Gasteiger partial charge on any atom is -0.351 e. The summed E-state index contributed by atoms with van der Waals surface area (Å²) in [5.74, 6) is 5.76. The molecule has 1 fully saturated rings. The Balaban J connectivity index is 2.09. The quantitative estimate of drug-likeness (QED) is 0.811. The highest BCUT2D eigenvalue weighted by molar-refractivity contribution is 5.94. The van der Waals surface area contributed by atoms with Gasteiger partial charge >= 0.3 is 0 Å². The molecule has 0 radical (unpaired) electrons. The first-order valence-corrected chi connectivity index (χ1v) is 6.61. The van der Waals surface area contributed by atoms with E-state index in [4.69, 9.17) is 5.73 Å². The zero-order valence-corrected chi connectivity index (χ0v) is 11.5. The van der Waals surface area contributed by atoms with Gasteiger partial charge in [-0.1, -0.05) is 18.8 Å². The number of aryl methyl sites for hydroxylation is 1. The first-order chi connectivity index (χ1) is 9.02. The maximum Gasteiger partial charge on any atom is 0.251 e. The molecule has 1 aromatic carbocycles. The molecule has 1 aromatic rings. The van der Waals surface area contributed by atoms with Crippen LogP contribution >= 0.6 is 0 Å². The van der Waals surface area contributed by atoms with E-state index < -0.39 is 0 Å². The Kier molecular flexibility index (Phi) is 3.92. The standard InChI is InChI=1S/C16H20N2O/c1-12-8-13(4-3-7-17)10-14(9-12)15(19)18-11-16(2)5-6-16/h8-10H,5-7,11,17H2,1-2H3,(H,18,19). The molecule has 3 heteroatoms. The summed E-state index contributed by atoms with van der Waals surface area (Å²) in [4.78, 5) is 12.1. The number of benzene rings is 1. The van der Waals surface area contributed by atoms with Crippen LogP contribution in [0.5, 0.6) is 0 Å². The molecular formula is C16H20N2O. The molecular weight excluding hydrogens is 236 g/mol. The molecule has 0 heterocycles. The smallest absolute Gasteiger partial charge is 0.251 e. The molecule has 1 aliphatic carbocycles. The number of carbonyl (C=O) groups is 1. The SMILES string of the molecule is Cc1cc(C#CCN)cc(C(=O)NCC2(C)CC2)c1. The van der Waals surface area contributed by atoms with E-state index >= 15 is 0 Å². The first kappa shape index (κ1) is 13.6. The van der Waals surface area contributed by atoms with E-state index in [2.05, 4.69) is 24.1 Å². The van der Waals surface area contributed by atoms with Crippen molar-refractivity contribution in [3.63, 3.8) is 0 Å². The summed E-state index contributed by atoms with van der Waals surface area (Å²) in [6.45, 7) is 5.24. The first-order valence-electron chi connectivity index (χ1n) is 6.61. The van der Waals surface area contributed by atoms with Gasteiger partial charge in [0.15, 0.2) is 0 Å². The lowest BCUT2D eigenvalue weighted by atomic mass is 10.1. The normalized spacial score (nSPS) is 15.3. The molecule has 0 unspecified atom stereocenters. The number of hydrogen-bond acceptors (Lipinski definition) is 2. The van der Waals surface area contributed by atoms with E-state index in [1.165, 1.54) is 12.8 Å². The largest absolute Gasteiger partial charge is 0.351 e. The van der Waals surface area contributed by atoms with Crippen LogP contribution in [-0.2, 0) is 0 Å². The van der Waals surface area contributed by atoms with Crippen molar-refractivity contribution >= 4 is 5.91 Å². The van der Waals surface area contributed by atoms with Gasteiger partial charge in [0.05, 0.1) is 6.54 Å². The van der Waals surface area contributed by atoms with Crippen LogP contribution in [0.25, 0.3) is 0 Å². The molecule has 0 bridgehead atoms. The van der Waals surface area contributed by atoms with Gasteiger partial charge in [-0.15, -0.1) is 0 Å². The van der Waals surface area contributed by atoms with Gasteiger partial charge in [0, 0.05) is 17.7 Å². The molecule has 100 valence electrons. The van der Waals surface area contributed by atoms with E-state index in [-0.39, 0.29) is 5.91 Å². The van der Waals surface area contributed by atoms with Gasteiger partial charge in [-0.25, -0.2) is 0 Å². The average molecular weight is 256 g/mol. The second-order valence-electron chi connectivity index (χ2n) is 5.59. The summed E-state index contributed by atoms with van der Waals surface area (Å²) >= 11 is 0. The summed E-state index contributed by atoms with van der Waals surface area (Å²) < 4.78 is 0. The van der Waals surface area contributed by atoms with Gasteiger partial charge in [0.1, 0.15) is 0 Å². The number of amides is 1. The van der Waals surface area contributed by atoms with Crippen molar-refractivity contribution in [1.29, 1.82) is 0 Å². The molecule has 1 saturated carbocycles. The third-order valence-corrected chi connectivity index (χ3v) is 3.45. The topological polar surface area (TPSA) is 55.1 Å². The van der Waals surface area contributed by atoms with E-state index in [9.17, 15) is 4.79 Å². The molecule has 3 N–H and O–H groups in total. The average Bonchev–Trinajstić information content (AvgIpc) is 3.11. The van der Waals surface area contributed by atoms with Crippen molar-refractivity contribution < 1.29 is 4.79 Å². The Morgan fingerprint density at radius 1 is 1.42 bits per heavy atom. The van der Waals surface area contributed by atoms with Crippen LogP contribution < -0.4 is 11.1 Å². The fraction of sp³-hybridized carbons (Fsp3) is 0.438. The molecule has 19 heavy (non-hydrogen) atoms. The lowest BCUT2D eigenvalue weighted by Gasteiger charge is -2.10. The molecule has 0 spiro atoms. The lowest BCUT2D eigenvalue weighted by molar-refractivity contribution is 0.0946. The Labute approximate surface area is 114 Å². The van der Waals surface area contributed by atoms with Gasteiger partial charge in [-0.05, 0) is 48.9 Å². The van der Waals surface area contributed by atoms with Gasteiger partial charge in [-0.3, -0.25) is 4.79 Å². The van der Waals surface area contributed by atoms with Crippen LogP contribution in [0, 0.1) is 24.2 Å². The number of carbonyl (C=O) groups excluding carboxylic acids is 1. The number of nitrogens with one attached hydrogen (secondary N) is 1. The molecule has 0 aromatic heterocycles. The van der Waals surface area contributed by atoms with Gasteiger partial charge in [0.25, 0.3) is 5.91 Å². The van der Waals surface area contributed by atoms with E-state index in [1.54, 1.807) is 0 Å². The van der Waals surface area contributed by atoms with Crippen LogP contribution in [0.2, 0.25) is 0 Å². The number of rotatable bonds is 3. The van der Waals surface area contributed by atoms with Gasteiger partial charge in [-0.2, -0.15) is 0 Å². The summed E-state index contributed by atoms with van der Waals surface area (Å²) in [6, 6.07) is 5.67. The summed E-state index contributed by atoms with van der Waals surface area (Å²) in [6.07, 6.45) is 2.41. The zero-order valence-electron chi connectivity index (χ0n) is 11.5. The molecule has 0 saturated heterocycles. The summed E-state index contributed by atoms with van der Waals surface area (Å²) in [5, 5.41) is 3.00. The van der Waals surface area contributed by atoms with E-state index in [1.807, 2.05) is 25.1 Å². The fourth-order valence-electron chi connectivity index (χ4n) is 1.93.